The van der Waals surface area contributed by atoms with Gasteiger partial charge in [0.15, 0.2) is 5.82 Å². The molecule has 3 heterocycles. The van der Waals surface area contributed by atoms with Crippen LogP contribution in [0.4, 0.5) is 0 Å². The zero-order valence-electron chi connectivity index (χ0n) is 10.1. The number of rotatable bonds is 3. The lowest BCUT2D eigenvalue weighted by Crippen LogP contribution is -2.00. The molecular weight excluding hydrogens is 230 g/mol. The highest BCUT2D eigenvalue weighted by molar-refractivity contribution is 5.48. The molecule has 2 fully saturated rings. The van der Waals surface area contributed by atoms with Crippen LogP contribution in [0.15, 0.2) is 22.9 Å². The van der Waals surface area contributed by atoms with E-state index in [2.05, 4.69) is 20.9 Å². The molecule has 94 valence electrons. The van der Waals surface area contributed by atoms with E-state index in [4.69, 9.17) is 9.26 Å². The van der Waals surface area contributed by atoms with Gasteiger partial charge in [0.1, 0.15) is 5.69 Å². The van der Waals surface area contributed by atoms with Crippen molar-refractivity contribution in [2.24, 2.45) is 0 Å². The number of hydrogen-bond donors (Lipinski definition) is 0. The average Bonchev–Trinajstić information content (AvgIpc) is 2.91. The average molecular weight is 245 g/mol. The summed E-state index contributed by atoms with van der Waals surface area (Å²) in [7, 11) is 0. The normalized spacial score (nSPS) is 23.7. The Morgan fingerprint density at radius 2 is 2.22 bits per heavy atom. The maximum absolute atomic E-state index is 5.40. The van der Waals surface area contributed by atoms with E-state index >= 15 is 0 Å². The summed E-state index contributed by atoms with van der Waals surface area (Å²) in [5.74, 6) is 1.71. The summed E-state index contributed by atoms with van der Waals surface area (Å²) in [5, 5.41) is 4.10. The molecule has 0 N–H and O–H groups in total. The van der Waals surface area contributed by atoms with Crippen LogP contribution in [0.5, 0.6) is 0 Å². The van der Waals surface area contributed by atoms with Crippen molar-refractivity contribution >= 4 is 0 Å². The van der Waals surface area contributed by atoms with Gasteiger partial charge in [-0.15, -0.1) is 0 Å². The lowest BCUT2D eigenvalue weighted by atomic mass is 10.1. The van der Waals surface area contributed by atoms with Crippen molar-refractivity contribution in [2.45, 2.75) is 31.2 Å². The van der Waals surface area contributed by atoms with E-state index in [1.54, 1.807) is 0 Å². The lowest BCUT2D eigenvalue weighted by Gasteiger charge is -2.02. The second kappa shape index (κ2) is 3.95. The Kier molecular flexibility index (Phi) is 2.26. The van der Waals surface area contributed by atoms with Crippen LogP contribution < -0.4 is 0 Å². The predicted molar refractivity (Wildman–Crippen MR) is 64.2 cm³/mol. The van der Waals surface area contributed by atoms with Gasteiger partial charge in [0.05, 0.1) is 6.61 Å². The monoisotopic (exact) mass is 245 g/mol. The van der Waals surface area contributed by atoms with Crippen molar-refractivity contribution in [1.29, 1.82) is 0 Å². The molecule has 1 saturated carbocycles. The molecule has 1 saturated heterocycles. The van der Waals surface area contributed by atoms with E-state index in [1.165, 1.54) is 12.8 Å². The zero-order valence-corrected chi connectivity index (χ0v) is 10.1. The van der Waals surface area contributed by atoms with Crippen LogP contribution >= 0.6 is 0 Å². The first-order valence-corrected chi connectivity index (χ1v) is 6.50. The number of aromatic nitrogens is 3. The molecule has 2 aromatic heterocycles. The van der Waals surface area contributed by atoms with Gasteiger partial charge in [0.25, 0.3) is 5.89 Å². The van der Waals surface area contributed by atoms with Crippen LogP contribution in [0, 0.1) is 0 Å². The van der Waals surface area contributed by atoms with Crippen molar-refractivity contribution in [3.8, 4) is 11.6 Å². The molecule has 2 aliphatic rings. The highest BCUT2D eigenvalue weighted by atomic mass is 16.5. The maximum Gasteiger partial charge on any atom is 0.274 e. The first kappa shape index (κ1) is 10.3. The largest absolute Gasteiger partial charge is 0.381 e. The fourth-order valence-electron chi connectivity index (χ4n) is 2.49. The molecule has 18 heavy (non-hydrogen) atoms. The summed E-state index contributed by atoms with van der Waals surface area (Å²) in [4.78, 5) is 4.53. The van der Waals surface area contributed by atoms with Crippen molar-refractivity contribution in [3.05, 3.63) is 24.2 Å². The van der Waals surface area contributed by atoms with Crippen LogP contribution in [0.3, 0.4) is 0 Å². The Bertz CT molecular complexity index is 550. The van der Waals surface area contributed by atoms with E-state index in [-0.39, 0.29) is 0 Å². The highest BCUT2D eigenvalue weighted by Crippen LogP contribution is 2.38. The van der Waals surface area contributed by atoms with Gasteiger partial charge >= 0.3 is 0 Å². The fraction of sp³-hybridized carbons (Fsp3) is 0.538. The van der Waals surface area contributed by atoms with Gasteiger partial charge in [-0.05, 0) is 31.4 Å². The van der Waals surface area contributed by atoms with Gasteiger partial charge in [0, 0.05) is 24.8 Å². The molecule has 5 nitrogen and oxygen atoms in total. The summed E-state index contributed by atoms with van der Waals surface area (Å²) in [6, 6.07) is 4.71. The van der Waals surface area contributed by atoms with Crippen LogP contribution in [-0.2, 0) is 4.74 Å². The smallest absolute Gasteiger partial charge is 0.274 e. The second-order valence-electron chi connectivity index (χ2n) is 5.05. The van der Waals surface area contributed by atoms with Gasteiger partial charge < -0.3 is 13.8 Å². The fourth-order valence-corrected chi connectivity index (χ4v) is 2.49. The first-order chi connectivity index (χ1) is 8.92. The molecule has 5 heteroatoms. The number of nitrogens with zero attached hydrogens (tertiary/aromatic N) is 3. The van der Waals surface area contributed by atoms with E-state index in [1.807, 2.05) is 12.1 Å². The third kappa shape index (κ3) is 1.66. The Morgan fingerprint density at radius 3 is 3.00 bits per heavy atom. The Morgan fingerprint density at radius 1 is 1.28 bits per heavy atom. The molecule has 0 aromatic carbocycles. The Balaban J connectivity index is 1.65. The molecule has 2 aromatic rings. The van der Waals surface area contributed by atoms with Crippen molar-refractivity contribution < 1.29 is 9.26 Å². The summed E-state index contributed by atoms with van der Waals surface area (Å²) < 4.78 is 13.0. The maximum atomic E-state index is 5.40. The van der Waals surface area contributed by atoms with Gasteiger partial charge in [-0.1, -0.05) is 5.16 Å². The molecule has 0 amide bonds. The summed E-state index contributed by atoms with van der Waals surface area (Å²) >= 11 is 0. The topological polar surface area (TPSA) is 53.1 Å². The SMILES string of the molecule is c1cc(-c2nc(C3CCOC3)no2)n(C2CC2)c1. The Labute approximate surface area is 105 Å². The molecule has 1 aliphatic carbocycles. The van der Waals surface area contributed by atoms with E-state index in [0.29, 0.717) is 24.5 Å². The van der Waals surface area contributed by atoms with Crippen LogP contribution in [0.25, 0.3) is 11.6 Å². The minimum Gasteiger partial charge on any atom is -0.381 e. The standard InChI is InChI=1S/C13H15N3O2/c1-2-11(16(6-1)10-3-4-10)13-14-12(15-18-13)9-5-7-17-8-9/h1-2,6,9-10H,3-5,7-8H2. The zero-order chi connectivity index (χ0) is 11.9. The van der Waals surface area contributed by atoms with Crippen molar-refractivity contribution in [3.63, 3.8) is 0 Å². The molecular formula is C13H15N3O2. The van der Waals surface area contributed by atoms with Crippen LogP contribution in [-0.4, -0.2) is 27.9 Å². The van der Waals surface area contributed by atoms with E-state index in [0.717, 1.165) is 24.5 Å². The number of ether oxygens (including phenoxy) is 1. The minimum atomic E-state index is 0.298. The number of hydrogen-bond acceptors (Lipinski definition) is 4. The summed E-state index contributed by atoms with van der Waals surface area (Å²) in [6.07, 6.45) is 5.58. The van der Waals surface area contributed by atoms with Crippen molar-refractivity contribution in [1.82, 2.24) is 14.7 Å². The first-order valence-electron chi connectivity index (χ1n) is 6.50. The second-order valence-corrected chi connectivity index (χ2v) is 5.05. The van der Waals surface area contributed by atoms with E-state index in [9.17, 15) is 0 Å². The molecule has 0 bridgehead atoms. The summed E-state index contributed by atoms with van der Waals surface area (Å²) in [6.45, 7) is 1.51. The van der Waals surface area contributed by atoms with E-state index < -0.39 is 0 Å². The molecule has 1 unspecified atom stereocenters. The third-order valence-electron chi connectivity index (χ3n) is 3.67. The minimum absolute atomic E-state index is 0.298. The van der Waals surface area contributed by atoms with Crippen molar-refractivity contribution in [2.75, 3.05) is 13.2 Å². The molecule has 0 spiro atoms. The van der Waals surface area contributed by atoms with Gasteiger partial charge in [-0.25, -0.2) is 0 Å². The van der Waals surface area contributed by atoms with Gasteiger partial charge in [0.2, 0.25) is 0 Å². The molecule has 0 radical (unpaired) electrons. The molecule has 4 rings (SSSR count). The summed E-state index contributed by atoms with van der Waals surface area (Å²) in [5.41, 5.74) is 1.04. The Hall–Kier alpha value is -1.62. The van der Waals surface area contributed by atoms with Gasteiger partial charge in [-0.3, -0.25) is 0 Å². The predicted octanol–water partition coefficient (Wildman–Crippen LogP) is 2.38. The molecule has 1 aliphatic heterocycles. The van der Waals surface area contributed by atoms with Crippen LogP contribution in [0.2, 0.25) is 0 Å². The van der Waals surface area contributed by atoms with Gasteiger partial charge in [-0.2, -0.15) is 4.98 Å². The third-order valence-corrected chi connectivity index (χ3v) is 3.67. The highest BCUT2D eigenvalue weighted by Gasteiger charge is 2.28. The molecule has 1 atom stereocenters. The quantitative estimate of drug-likeness (QED) is 0.833. The lowest BCUT2D eigenvalue weighted by molar-refractivity contribution is 0.192. The van der Waals surface area contributed by atoms with Crippen LogP contribution in [0.1, 0.15) is 37.0 Å².